The van der Waals surface area contributed by atoms with Gasteiger partial charge in [0.25, 0.3) is 0 Å². The summed E-state index contributed by atoms with van der Waals surface area (Å²) in [7, 11) is 0. The molecule has 0 aliphatic heterocycles. The predicted molar refractivity (Wildman–Crippen MR) is 90.9 cm³/mol. The lowest BCUT2D eigenvalue weighted by atomic mass is 10.1. The Labute approximate surface area is 143 Å². The fourth-order valence-electron chi connectivity index (χ4n) is 1.98. The van der Waals surface area contributed by atoms with Crippen molar-refractivity contribution < 1.29 is 23.8 Å². The summed E-state index contributed by atoms with van der Waals surface area (Å²) in [5.74, 6) is -1.36. The Hall–Kier alpha value is -2.41. The molecule has 0 aliphatic rings. The van der Waals surface area contributed by atoms with E-state index in [1.165, 1.54) is 23.5 Å². The zero-order valence-electron chi connectivity index (χ0n) is 13.6. The Bertz CT molecular complexity index is 747. The molecule has 5 nitrogen and oxygen atoms in total. The predicted octanol–water partition coefficient (Wildman–Crippen LogP) is 4.53. The van der Waals surface area contributed by atoms with E-state index in [0.717, 1.165) is 10.4 Å². The highest BCUT2D eigenvalue weighted by Crippen LogP contribution is 2.36. The van der Waals surface area contributed by atoms with Crippen molar-refractivity contribution in [2.45, 2.75) is 32.8 Å². The van der Waals surface area contributed by atoms with E-state index in [9.17, 15) is 14.0 Å². The van der Waals surface area contributed by atoms with Gasteiger partial charge in [0.2, 0.25) is 0 Å². The largest absolute Gasteiger partial charge is 0.481 e. The van der Waals surface area contributed by atoms with Crippen molar-refractivity contribution >= 4 is 28.4 Å². The van der Waals surface area contributed by atoms with Crippen LogP contribution in [-0.2, 0) is 16.0 Å². The first kappa shape index (κ1) is 17.9. The topological polar surface area (TPSA) is 75.6 Å². The van der Waals surface area contributed by atoms with Gasteiger partial charge in [-0.25, -0.2) is 9.18 Å². The van der Waals surface area contributed by atoms with Gasteiger partial charge in [-0.2, -0.15) is 0 Å². The molecule has 0 bridgehead atoms. The van der Waals surface area contributed by atoms with Gasteiger partial charge in [0, 0.05) is 4.88 Å². The van der Waals surface area contributed by atoms with E-state index in [2.05, 4.69) is 5.32 Å². The highest BCUT2D eigenvalue weighted by Gasteiger charge is 2.20. The monoisotopic (exact) mass is 351 g/mol. The number of benzene rings is 1. The first-order chi connectivity index (χ1) is 11.1. The summed E-state index contributed by atoms with van der Waals surface area (Å²) in [5.41, 5.74) is 0.552. The summed E-state index contributed by atoms with van der Waals surface area (Å²) in [6, 6.07) is 7.53. The lowest BCUT2D eigenvalue weighted by Gasteiger charge is -2.19. The third-order valence-corrected chi connectivity index (χ3v) is 4.04. The van der Waals surface area contributed by atoms with Gasteiger partial charge in [0.15, 0.2) is 0 Å². The first-order valence-electron chi connectivity index (χ1n) is 7.24. The maximum absolute atomic E-state index is 13.0. The molecule has 0 spiro atoms. The van der Waals surface area contributed by atoms with Crippen molar-refractivity contribution in [2.24, 2.45) is 0 Å². The van der Waals surface area contributed by atoms with Crippen molar-refractivity contribution in [2.75, 3.05) is 5.32 Å². The second-order valence-electron chi connectivity index (χ2n) is 6.17. The Morgan fingerprint density at radius 3 is 2.42 bits per heavy atom. The third kappa shape index (κ3) is 5.06. The molecule has 0 unspecified atom stereocenters. The smallest absolute Gasteiger partial charge is 0.412 e. The van der Waals surface area contributed by atoms with Gasteiger partial charge >= 0.3 is 12.1 Å². The minimum Gasteiger partial charge on any atom is -0.481 e. The van der Waals surface area contributed by atoms with Crippen LogP contribution < -0.4 is 5.32 Å². The molecule has 7 heteroatoms. The average molecular weight is 351 g/mol. The lowest BCUT2D eigenvalue weighted by molar-refractivity contribution is -0.136. The van der Waals surface area contributed by atoms with Crippen LogP contribution >= 0.6 is 11.3 Å². The molecule has 0 saturated carbocycles. The van der Waals surface area contributed by atoms with Crippen LogP contribution in [0.2, 0.25) is 0 Å². The van der Waals surface area contributed by atoms with Crippen LogP contribution in [0.3, 0.4) is 0 Å². The van der Waals surface area contributed by atoms with E-state index < -0.39 is 17.7 Å². The zero-order valence-corrected chi connectivity index (χ0v) is 14.4. The second kappa shape index (κ2) is 7.00. The van der Waals surface area contributed by atoms with E-state index in [1.54, 1.807) is 39.0 Å². The molecule has 2 N–H and O–H groups in total. The number of amides is 1. The number of nitrogens with one attached hydrogen (secondary N) is 1. The van der Waals surface area contributed by atoms with E-state index >= 15 is 0 Å². The minimum atomic E-state index is -1.01. The lowest BCUT2D eigenvalue weighted by Crippen LogP contribution is -2.27. The number of hydrogen-bond acceptors (Lipinski definition) is 4. The summed E-state index contributed by atoms with van der Waals surface area (Å²) in [5, 5.41) is 12.0. The Kier molecular flexibility index (Phi) is 5.23. The van der Waals surface area contributed by atoms with Crippen molar-refractivity contribution in [3.63, 3.8) is 0 Å². The number of thiophene rings is 1. The maximum atomic E-state index is 13.0. The van der Waals surface area contributed by atoms with Crippen LogP contribution in [0.5, 0.6) is 0 Å². The number of rotatable bonds is 4. The molecule has 0 atom stereocenters. The SMILES string of the molecule is CC(C)(C)OC(=O)Nc1sc(-c2ccc(F)cc2)cc1CC(=O)O. The van der Waals surface area contributed by atoms with Gasteiger partial charge in [-0.1, -0.05) is 12.1 Å². The molecule has 1 aromatic heterocycles. The van der Waals surface area contributed by atoms with Gasteiger partial charge in [0.1, 0.15) is 16.4 Å². The summed E-state index contributed by atoms with van der Waals surface area (Å²) in [6.07, 6.45) is -0.885. The molecule has 24 heavy (non-hydrogen) atoms. The molecule has 2 aromatic rings. The third-order valence-electron chi connectivity index (χ3n) is 2.89. The quantitative estimate of drug-likeness (QED) is 0.849. The Morgan fingerprint density at radius 1 is 1.25 bits per heavy atom. The van der Waals surface area contributed by atoms with Crippen LogP contribution in [0.4, 0.5) is 14.2 Å². The molecule has 2 rings (SSSR count). The standard InChI is InChI=1S/C17H18FNO4S/c1-17(2,3)23-16(22)19-15-11(9-14(20)21)8-13(24-15)10-4-6-12(18)7-5-10/h4-8H,9H2,1-3H3,(H,19,22)(H,20,21). The number of carbonyl (C=O) groups is 2. The Morgan fingerprint density at radius 2 is 1.88 bits per heavy atom. The van der Waals surface area contributed by atoms with Gasteiger partial charge in [-0.05, 0) is 50.1 Å². The molecule has 1 heterocycles. The zero-order chi connectivity index (χ0) is 17.9. The number of anilines is 1. The summed E-state index contributed by atoms with van der Waals surface area (Å²) in [6.45, 7) is 5.22. The summed E-state index contributed by atoms with van der Waals surface area (Å²) >= 11 is 1.22. The fraction of sp³-hybridized carbons (Fsp3) is 0.294. The van der Waals surface area contributed by atoms with Crippen molar-refractivity contribution in [1.29, 1.82) is 0 Å². The highest BCUT2D eigenvalue weighted by atomic mass is 32.1. The van der Waals surface area contributed by atoms with Gasteiger partial charge in [0.05, 0.1) is 6.42 Å². The second-order valence-corrected chi connectivity index (χ2v) is 7.22. The summed E-state index contributed by atoms with van der Waals surface area (Å²) < 4.78 is 18.2. The molecule has 1 aromatic carbocycles. The number of aliphatic carboxylic acids is 1. The van der Waals surface area contributed by atoms with Crippen molar-refractivity contribution in [1.82, 2.24) is 0 Å². The molecule has 1 amide bonds. The van der Waals surface area contributed by atoms with E-state index in [4.69, 9.17) is 9.84 Å². The van der Waals surface area contributed by atoms with Crippen LogP contribution in [0.1, 0.15) is 26.3 Å². The average Bonchev–Trinajstić information content (AvgIpc) is 2.79. The molecule has 0 aliphatic carbocycles. The van der Waals surface area contributed by atoms with Crippen molar-refractivity contribution in [3.8, 4) is 10.4 Å². The van der Waals surface area contributed by atoms with E-state index in [1.807, 2.05) is 0 Å². The Balaban J connectivity index is 2.29. The van der Waals surface area contributed by atoms with Gasteiger partial charge in [-0.3, -0.25) is 10.1 Å². The molecular weight excluding hydrogens is 333 g/mol. The number of carboxylic acids is 1. The van der Waals surface area contributed by atoms with Crippen LogP contribution in [0.25, 0.3) is 10.4 Å². The van der Waals surface area contributed by atoms with E-state index in [-0.39, 0.29) is 12.2 Å². The molecule has 0 saturated heterocycles. The summed E-state index contributed by atoms with van der Waals surface area (Å²) in [4.78, 5) is 23.7. The number of carbonyl (C=O) groups excluding carboxylic acids is 1. The van der Waals surface area contributed by atoms with Crippen LogP contribution in [-0.4, -0.2) is 22.8 Å². The number of halogens is 1. The van der Waals surface area contributed by atoms with Crippen LogP contribution in [0.15, 0.2) is 30.3 Å². The molecular formula is C17H18FNO4S. The maximum Gasteiger partial charge on any atom is 0.412 e. The molecule has 0 fully saturated rings. The highest BCUT2D eigenvalue weighted by molar-refractivity contribution is 7.19. The molecule has 128 valence electrons. The number of carboxylic acid groups (broad SMARTS) is 1. The van der Waals surface area contributed by atoms with Crippen molar-refractivity contribution in [3.05, 3.63) is 41.7 Å². The normalized spacial score (nSPS) is 11.2. The number of hydrogen-bond donors (Lipinski definition) is 2. The van der Waals surface area contributed by atoms with Gasteiger partial charge in [-0.15, -0.1) is 11.3 Å². The molecule has 0 radical (unpaired) electrons. The van der Waals surface area contributed by atoms with E-state index in [0.29, 0.717) is 10.6 Å². The van der Waals surface area contributed by atoms with Gasteiger partial charge < -0.3 is 9.84 Å². The van der Waals surface area contributed by atoms with Crippen LogP contribution in [0, 0.1) is 5.82 Å². The number of ether oxygens (including phenoxy) is 1. The fourth-order valence-corrected chi connectivity index (χ4v) is 3.05. The first-order valence-corrected chi connectivity index (χ1v) is 8.06. The minimum absolute atomic E-state index is 0.233.